The second-order valence-electron chi connectivity index (χ2n) is 4.60. The van der Waals surface area contributed by atoms with E-state index in [-0.39, 0.29) is 12.2 Å². The third-order valence-electron chi connectivity index (χ3n) is 2.93. The third kappa shape index (κ3) is 4.63. The Morgan fingerprint density at radius 3 is 2.52 bits per heavy atom. The van der Waals surface area contributed by atoms with E-state index in [1.54, 1.807) is 49.4 Å². The van der Waals surface area contributed by atoms with Gasteiger partial charge in [-0.15, -0.1) is 0 Å². The maximum Gasteiger partial charge on any atom is 0.177 e. The number of rotatable bonds is 5. The molecule has 1 atom stereocenters. The Morgan fingerprint density at radius 2 is 1.81 bits per heavy atom. The Balaban J connectivity index is 2.04. The zero-order chi connectivity index (χ0) is 15.4. The lowest BCUT2D eigenvalue weighted by Crippen LogP contribution is -2.25. The van der Waals surface area contributed by atoms with Crippen LogP contribution in [0.15, 0.2) is 42.5 Å². The highest BCUT2D eigenvalue weighted by Crippen LogP contribution is 2.23. The fourth-order valence-corrected chi connectivity index (χ4v) is 2.38. The monoisotopic (exact) mass is 342 g/mol. The van der Waals surface area contributed by atoms with E-state index in [1.807, 2.05) is 0 Å². The first-order chi connectivity index (χ1) is 9.95. The van der Waals surface area contributed by atoms with Crippen LogP contribution in [-0.2, 0) is 11.2 Å². The highest BCUT2D eigenvalue weighted by molar-refractivity contribution is 6.33. The van der Waals surface area contributed by atoms with E-state index >= 15 is 0 Å². The average molecular weight is 344 g/mol. The molecule has 0 amide bonds. The van der Waals surface area contributed by atoms with E-state index in [2.05, 4.69) is 0 Å². The molecule has 0 aliphatic heterocycles. The second kappa shape index (κ2) is 7.17. The minimum Gasteiger partial charge on any atom is -0.483 e. The van der Waals surface area contributed by atoms with Crippen LogP contribution in [0.1, 0.15) is 12.5 Å². The van der Waals surface area contributed by atoms with Gasteiger partial charge in [-0.3, -0.25) is 4.79 Å². The predicted molar refractivity (Wildman–Crippen MR) is 86.7 cm³/mol. The maximum absolute atomic E-state index is 12.2. The summed E-state index contributed by atoms with van der Waals surface area (Å²) in [5.74, 6) is 0.472. The quantitative estimate of drug-likeness (QED) is 0.743. The van der Waals surface area contributed by atoms with Gasteiger partial charge in [0.2, 0.25) is 0 Å². The van der Waals surface area contributed by atoms with E-state index in [4.69, 9.17) is 39.5 Å². The molecule has 110 valence electrons. The van der Waals surface area contributed by atoms with E-state index in [0.717, 1.165) is 0 Å². The molecule has 0 saturated carbocycles. The summed E-state index contributed by atoms with van der Waals surface area (Å²) < 4.78 is 5.59. The summed E-state index contributed by atoms with van der Waals surface area (Å²) in [5, 5.41) is 1.62. The van der Waals surface area contributed by atoms with Crippen molar-refractivity contribution in [2.24, 2.45) is 0 Å². The van der Waals surface area contributed by atoms with Crippen LogP contribution < -0.4 is 4.74 Å². The van der Waals surface area contributed by atoms with Gasteiger partial charge in [0.1, 0.15) is 5.75 Å². The first-order valence-corrected chi connectivity index (χ1v) is 7.48. The van der Waals surface area contributed by atoms with Crippen molar-refractivity contribution >= 4 is 40.6 Å². The van der Waals surface area contributed by atoms with Crippen molar-refractivity contribution < 1.29 is 9.53 Å². The summed E-state index contributed by atoms with van der Waals surface area (Å²) in [6, 6.07) is 12.0. The van der Waals surface area contributed by atoms with Crippen molar-refractivity contribution in [3.8, 4) is 5.75 Å². The molecule has 0 aliphatic carbocycles. The van der Waals surface area contributed by atoms with Crippen molar-refractivity contribution in [3.05, 3.63) is 63.1 Å². The lowest BCUT2D eigenvalue weighted by atomic mass is 10.1. The topological polar surface area (TPSA) is 26.3 Å². The molecule has 1 unspecified atom stereocenters. The first-order valence-electron chi connectivity index (χ1n) is 6.34. The Labute approximate surface area is 138 Å². The van der Waals surface area contributed by atoms with Crippen molar-refractivity contribution in [2.75, 3.05) is 0 Å². The molecule has 0 fully saturated rings. The number of benzene rings is 2. The Kier molecular flexibility index (Phi) is 5.51. The lowest BCUT2D eigenvalue weighted by molar-refractivity contribution is -0.124. The maximum atomic E-state index is 12.2. The predicted octanol–water partition coefficient (Wildman–Crippen LogP) is 5.23. The number of carbonyl (C=O) groups excluding carboxylic acids is 1. The summed E-state index contributed by atoms with van der Waals surface area (Å²) in [7, 11) is 0. The van der Waals surface area contributed by atoms with E-state index in [1.165, 1.54) is 0 Å². The van der Waals surface area contributed by atoms with Crippen LogP contribution in [0, 0.1) is 0 Å². The Bertz CT molecular complexity index is 656. The Morgan fingerprint density at radius 1 is 1.10 bits per heavy atom. The van der Waals surface area contributed by atoms with Crippen LogP contribution in [0.3, 0.4) is 0 Å². The summed E-state index contributed by atoms with van der Waals surface area (Å²) in [6.45, 7) is 1.70. The van der Waals surface area contributed by atoms with Gasteiger partial charge >= 0.3 is 0 Å². The molecule has 2 nitrogen and oxygen atoms in total. The number of Topliss-reactive ketones (excluding diaryl/α,β-unsaturated/α-hetero) is 1. The van der Waals surface area contributed by atoms with Gasteiger partial charge in [-0.25, -0.2) is 0 Å². The molecule has 0 heterocycles. The summed E-state index contributed by atoms with van der Waals surface area (Å²) in [4.78, 5) is 12.2. The van der Waals surface area contributed by atoms with Gasteiger partial charge in [-0.05, 0) is 48.9 Å². The van der Waals surface area contributed by atoms with Crippen LogP contribution >= 0.6 is 34.8 Å². The molecule has 0 radical (unpaired) electrons. The normalized spacial score (nSPS) is 12.0. The summed E-state index contributed by atoms with van der Waals surface area (Å²) in [6.07, 6.45) is -0.431. The zero-order valence-electron chi connectivity index (χ0n) is 11.3. The smallest absolute Gasteiger partial charge is 0.177 e. The number of halogens is 3. The molecule has 0 bridgehead atoms. The van der Waals surface area contributed by atoms with Crippen molar-refractivity contribution in [1.29, 1.82) is 0 Å². The molecule has 0 aromatic heterocycles. The minimum atomic E-state index is -0.599. The van der Waals surface area contributed by atoms with Crippen molar-refractivity contribution in [2.45, 2.75) is 19.4 Å². The average Bonchev–Trinajstić information content (AvgIpc) is 2.43. The van der Waals surface area contributed by atoms with Gasteiger partial charge in [0, 0.05) is 21.5 Å². The van der Waals surface area contributed by atoms with E-state index < -0.39 is 6.10 Å². The SMILES string of the molecule is CC(Oc1cccc(Cl)c1)C(=O)Cc1cc(Cl)ccc1Cl. The van der Waals surface area contributed by atoms with Gasteiger partial charge in [-0.1, -0.05) is 40.9 Å². The van der Waals surface area contributed by atoms with Gasteiger partial charge < -0.3 is 4.74 Å². The van der Waals surface area contributed by atoms with Crippen molar-refractivity contribution in [1.82, 2.24) is 0 Å². The number of hydrogen-bond acceptors (Lipinski definition) is 2. The van der Waals surface area contributed by atoms with Crippen LogP contribution in [-0.4, -0.2) is 11.9 Å². The van der Waals surface area contributed by atoms with Crippen LogP contribution in [0.4, 0.5) is 0 Å². The largest absolute Gasteiger partial charge is 0.483 e. The number of ketones is 1. The van der Waals surface area contributed by atoms with Gasteiger partial charge in [-0.2, -0.15) is 0 Å². The van der Waals surface area contributed by atoms with Gasteiger partial charge in [0.15, 0.2) is 11.9 Å². The molecule has 21 heavy (non-hydrogen) atoms. The fourth-order valence-electron chi connectivity index (χ4n) is 1.82. The molecule has 0 N–H and O–H groups in total. The fraction of sp³-hybridized carbons (Fsp3) is 0.188. The number of ether oxygens (including phenoxy) is 1. The molecule has 0 saturated heterocycles. The molecule has 0 aliphatic rings. The Hall–Kier alpha value is -1.22. The molecule has 2 rings (SSSR count). The molecule has 2 aromatic carbocycles. The van der Waals surface area contributed by atoms with Crippen LogP contribution in [0.25, 0.3) is 0 Å². The van der Waals surface area contributed by atoms with E-state index in [0.29, 0.717) is 26.4 Å². The van der Waals surface area contributed by atoms with Crippen LogP contribution in [0.5, 0.6) is 5.75 Å². The molecule has 0 spiro atoms. The van der Waals surface area contributed by atoms with Gasteiger partial charge in [0.05, 0.1) is 0 Å². The minimum absolute atomic E-state index is 0.0841. The summed E-state index contributed by atoms with van der Waals surface area (Å²) >= 11 is 17.8. The van der Waals surface area contributed by atoms with Crippen molar-refractivity contribution in [3.63, 3.8) is 0 Å². The highest BCUT2D eigenvalue weighted by Gasteiger charge is 2.17. The van der Waals surface area contributed by atoms with E-state index in [9.17, 15) is 4.79 Å². The molecule has 5 heteroatoms. The van der Waals surface area contributed by atoms with Crippen LogP contribution in [0.2, 0.25) is 15.1 Å². The highest BCUT2D eigenvalue weighted by atomic mass is 35.5. The standard InChI is InChI=1S/C16H13Cl3O2/c1-10(21-14-4-2-3-12(17)9-14)16(20)8-11-7-13(18)5-6-15(11)19/h2-7,9-10H,8H2,1H3. The lowest BCUT2D eigenvalue weighted by Gasteiger charge is -2.14. The second-order valence-corrected chi connectivity index (χ2v) is 5.88. The first kappa shape index (κ1) is 16.2. The summed E-state index contributed by atoms with van der Waals surface area (Å²) in [5.41, 5.74) is 0.690. The third-order valence-corrected chi connectivity index (χ3v) is 3.77. The number of carbonyl (C=O) groups is 1. The number of hydrogen-bond donors (Lipinski definition) is 0. The zero-order valence-corrected chi connectivity index (χ0v) is 13.5. The van der Waals surface area contributed by atoms with Gasteiger partial charge in [0.25, 0.3) is 0 Å². The molecular weight excluding hydrogens is 331 g/mol. The molecule has 2 aromatic rings. The molecular formula is C16H13Cl3O2.